The fraction of sp³-hybridized carbons (Fsp3) is 0.107. The van der Waals surface area contributed by atoms with Crippen molar-refractivity contribution < 1.29 is 24.3 Å². The molecule has 0 fully saturated rings. The zero-order chi connectivity index (χ0) is 31.7. The zero-order valence-electron chi connectivity index (χ0n) is 22.8. The third-order valence-corrected chi connectivity index (χ3v) is 6.68. The van der Waals surface area contributed by atoms with Crippen molar-refractivity contribution in [3.05, 3.63) is 109 Å². The van der Waals surface area contributed by atoms with E-state index in [0.29, 0.717) is 16.8 Å². The van der Waals surface area contributed by atoms with Crippen LogP contribution in [0, 0.1) is 0 Å². The van der Waals surface area contributed by atoms with Gasteiger partial charge in [-0.2, -0.15) is 4.52 Å². The van der Waals surface area contributed by atoms with Gasteiger partial charge in [0.1, 0.15) is 22.8 Å². The summed E-state index contributed by atoms with van der Waals surface area (Å²) in [6.45, 7) is 1.66. The van der Waals surface area contributed by atoms with E-state index in [-0.39, 0.29) is 46.2 Å². The van der Waals surface area contributed by atoms with Crippen LogP contribution in [0.3, 0.4) is 0 Å². The SMILES string of the molecule is C[C@H](NC(=O)c1cc(C(=O)NCc2cccc(Nc3c(N)c(=O)c3=O)c2)n2nnc(C(N)=O)c2n1)c1ccc(C(=O)O)cc1. The molecule has 16 heteroatoms. The number of carboxylic acids is 1. The van der Waals surface area contributed by atoms with E-state index in [0.717, 1.165) is 4.52 Å². The number of primary amides is 1. The molecule has 0 bridgehead atoms. The Morgan fingerprint density at radius 2 is 1.73 bits per heavy atom. The molecule has 0 aliphatic rings. The summed E-state index contributed by atoms with van der Waals surface area (Å²) in [5.74, 6) is -3.47. The lowest BCUT2D eigenvalue weighted by Gasteiger charge is -2.15. The van der Waals surface area contributed by atoms with Crippen molar-refractivity contribution in [3.63, 3.8) is 0 Å². The van der Waals surface area contributed by atoms with Gasteiger partial charge in [0.05, 0.1) is 11.6 Å². The minimum absolute atomic E-state index is 0.01000. The molecule has 2 heterocycles. The number of benzene rings is 2. The van der Waals surface area contributed by atoms with Crippen molar-refractivity contribution in [1.82, 2.24) is 30.4 Å². The maximum Gasteiger partial charge on any atom is 0.335 e. The number of carbonyl (C=O) groups is 4. The fourth-order valence-corrected chi connectivity index (χ4v) is 4.29. The Balaban J connectivity index is 1.37. The molecule has 5 aromatic rings. The smallest absolute Gasteiger partial charge is 0.335 e. The number of hydrogen-bond acceptors (Lipinski definition) is 11. The molecule has 44 heavy (non-hydrogen) atoms. The van der Waals surface area contributed by atoms with E-state index < -0.39 is 40.6 Å². The van der Waals surface area contributed by atoms with Crippen molar-refractivity contribution in [2.24, 2.45) is 5.73 Å². The number of fused-ring (bicyclic) bond motifs is 1. The average Bonchev–Trinajstić information content (AvgIpc) is 3.46. The van der Waals surface area contributed by atoms with Gasteiger partial charge in [-0.3, -0.25) is 24.0 Å². The molecule has 3 aromatic carbocycles. The molecule has 3 amide bonds. The highest BCUT2D eigenvalue weighted by Crippen LogP contribution is 2.20. The van der Waals surface area contributed by atoms with Gasteiger partial charge in [0, 0.05) is 18.3 Å². The first kappa shape index (κ1) is 29.1. The van der Waals surface area contributed by atoms with Crippen molar-refractivity contribution >= 4 is 46.4 Å². The van der Waals surface area contributed by atoms with Gasteiger partial charge in [-0.25, -0.2) is 9.78 Å². The number of nitrogens with one attached hydrogen (secondary N) is 3. The van der Waals surface area contributed by atoms with Crippen LogP contribution >= 0.6 is 0 Å². The van der Waals surface area contributed by atoms with Crippen LogP contribution in [0.5, 0.6) is 0 Å². The molecule has 0 aliphatic heterocycles. The number of rotatable bonds is 10. The molecular formula is C28H23N9O7. The summed E-state index contributed by atoms with van der Waals surface area (Å²) in [7, 11) is 0. The lowest BCUT2D eigenvalue weighted by molar-refractivity contribution is 0.0695. The van der Waals surface area contributed by atoms with Crippen molar-refractivity contribution in [1.29, 1.82) is 0 Å². The molecule has 1 atom stereocenters. The molecule has 0 radical (unpaired) electrons. The zero-order valence-corrected chi connectivity index (χ0v) is 22.8. The van der Waals surface area contributed by atoms with Gasteiger partial charge >= 0.3 is 5.97 Å². The second-order valence-electron chi connectivity index (χ2n) is 9.64. The number of hydrogen-bond donors (Lipinski definition) is 6. The largest absolute Gasteiger partial charge is 0.478 e. The van der Waals surface area contributed by atoms with Crippen molar-refractivity contribution in [2.45, 2.75) is 19.5 Å². The van der Waals surface area contributed by atoms with Crippen LogP contribution in [0.1, 0.15) is 65.9 Å². The van der Waals surface area contributed by atoms with Gasteiger partial charge in [-0.05, 0) is 42.3 Å². The maximum absolute atomic E-state index is 13.3. The second kappa shape index (κ2) is 11.4. The van der Waals surface area contributed by atoms with E-state index in [2.05, 4.69) is 31.2 Å². The van der Waals surface area contributed by atoms with Gasteiger partial charge in [-0.1, -0.05) is 29.5 Å². The molecule has 222 valence electrons. The number of amides is 3. The minimum Gasteiger partial charge on any atom is -0.478 e. The first-order valence-corrected chi connectivity index (χ1v) is 12.9. The first-order chi connectivity index (χ1) is 20.9. The van der Waals surface area contributed by atoms with E-state index in [1.54, 1.807) is 43.3 Å². The van der Waals surface area contributed by atoms with Crippen LogP contribution in [0.15, 0.2) is 64.2 Å². The predicted molar refractivity (Wildman–Crippen MR) is 155 cm³/mol. The standard InChI is InChI=1S/C28H23N9O7/c1-12(14-5-7-15(8-6-14)28(43)44)32-26(41)17-10-18(37-25(34-17)21(24(30)40)35-36-37)27(42)31-11-13-3-2-4-16(9-13)33-20-19(29)22(38)23(20)39/h2-10,12,33H,11,29H2,1H3,(H2,30,40)(H,31,42)(H,32,41)(H,43,44)/t12-/m0/s1. The van der Waals surface area contributed by atoms with Gasteiger partial charge in [0.15, 0.2) is 11.3 Å². The normalized spacial score (nSPS) is 11.7. The van der Waals surface area contributed by atoms with Crippen LogP contribution < -0.4 is 38.3 Å². The summed E-state index contributed by atoms with van der Waals surface area (Å²) >= 11 is 0. The minimum atomic E-state index is -1.09. The molecule has 2 aromatic heterocycles. The van der Waals surface area contributed by atoms with Crippen LogP contribution in [0.25, 0.3) is 5.65 Å². The Kier molecular flexibility index (Phi) is 7.55. The molecule has 8 N–H and O–H groups in total. The van der Waals surface area contributed by atoms with E-state index in [9.17, 15) is 28.8 Å². The summed E-state index contributed by atoms with van der Waals surface area (Å²) in [5, 5.41) is 24.8. The number of carboxylic acid groups (broad SMARTS) is 1. The van der Waals surface area contributed by atoms with Crippen LogP contribution in [-0.4, -0.2) is 48.6 Å². The second-order valence-corrected chi connectivity index (χ2v) is 9.64. The third-order valence-electron chi connectivity index (χ3n) is 6.68. The van der Waals surface area contributed by atoms with Gasteiger partial charge < -0.3 is 32.5 Å². The number of nitrogen functional groups attached to an aromatic ring is 1. The van der Waals surface area contributed by atoms with Crippen LogP contribution in [0.2, 0.25) is 0 Å². The number of nitrogens with zero attached hydrogens (tertiary/aromatic N) is 4. The summed E-state index contributed by atoms with van der Waals surface area (Å²) in [5.41, 5.74) is 10.1. The lowest BCUT2D eigenvalue weighted by atomic mass is 10.1. The van der Waals surface area contributed by atoms with E-state index in [4.69, 9.17) is 16.6 Å². The summed E-state index contributed by atoms with van der Waals surface area (Å²) in [6, 6.07) is 13.1. The summed E-state index contributed by atoms with van der Waals surface area (Å²) in [4.78, 5) is 76.9. The number of aromatic carboxylic acids is 1. The van der Waals surface area contributed by atoms with Gasteiger partial charge in [0.2, 0.25) is 0 Å². The van der Waals surface area contributed by atoms with Gasteiger partial charge in [0.25, 0.3) is 28.6 Å². The molecule has 0 spiro atoms. The van der Waals surface area contributed by atoms with E-state index in [1.807, 2.05) is 0 Å². The molecule has 16 nitrogen and oxygen atoms in total. The van der Waals surface area contributed by atoms with Gasteiger partial charge in [-0.15, -0.1) is 5.10 Å². The highest BCUT2D eigenvalue weighted by Gasteiger charge is 2.24. The first-order valence-electron chi connectivity index (χ1n) is 12.9. The van der Waals surface area contributed by atoms with Crippen molar-refractivity contribution in [2.75, 3.05) is 11.1 Å². The monoisotopic (exact) mass is 597 g/mol. The number of aromatic nitrogens is 4. The Bertz CT molecular complexity index is 2040. The molecule has 0 saturated heterocycles. The summed E-state index contributed by atoms with van der Waals surface area (Å²) < 4.78 is 0.979. The Morgan fingerprint density at radius 1 is 1.00 bits per heavy atom. The third kappa shape index (κ3) is 5.54. The number of carbonyl (C=O) groups excluding carboxylic acids is 3. The Labute approximate surface area is 246 Å². The van der Waals surface area contributed by atoms with Crippen molar-refractivity contribution in [3.8, 4) is 0 Å². The predicted octanol–water partition coefficient (Wildman–Crippen LogP) is 0.264. The average molecular weight is 598 g/mol. The molecule has 5 rings (SSSR count). The van der Waals surface area contributed by atoms with E-state index in [1.165, 1.54) is 18.2 Å². The fourth-order valence-electron chi connectivity index (χ4n) is 4.29. The van der Waals surface area contributed by atoms with E-state index >= 15 is 0 Å². The topological polar surface area (TPSA) is 254 Å². The highest BCUT2D eigenvalue weighted by atomic mass is 16.4. The quantitative estimate of drug-likeness (QED) is 0.119. The molecule has 0 aliphatic carbocycles. The summed E-state index contributed by atoms with van der Waals surface area (Å²) in [6.07, 6.45) is 0. The number of nitrogens with two attached hydrogens (primary N) is 2. The van der Waals surface area contributed by atoms with Crippen LogP contribution in [-0.2, 0) is 6.54 Å². The molecular weight excluding hydrogens is 574 g/mol. The lowest BCUT2D eigenvalue weighted by Crippen LogP contribution is -2.36. The Hall–Kier alpha value is -6.45. The number of anilines is 3. The maximum atomic E-state index is 13.3. The molecule has 0 saturated carbocycles. The Morgan fingerprint density at radius 3 is 2.39 bits per heavy atom. The highest BCUT2D eigenvalue weighted by molar-refractivity contribution is 6.01. The molecule has 0 unspecified atom stereocenters. The van der Waals surface area contributed by atoms with Crippen LogP contribution in [0.4, 0.5) is 17.1 Å².